The molecule has 1 fully saturated rings. The van der Waals surface area contributed by atoms with Gasteiger partial charge >= 0.3 is 0 Å². The Morgan fingerprint density at radius 2 is 1.94 bits per heavy atom. The number of halogens is 3. The van der Waals surface area contributed by atoms with E-state index in [1.54, 1.807) is 0 Å². The highest BCUT2D eigenvalue weighted by Gasteiger charge is 2.36. The summed E-state index contributed by atoms with van der Waals surface area (Å²) in [6.45, 7) is 11.9. The lowest BCUT2D eigenvalue weighted by Crippen LogP contribution is -2.47. The lowest BCUT2D eigenvalue weighted by atomic mass is 9.69. The summed E-state index contributed by atoms with van der Waals surface area (Å²) < 4.78 is 28.3. The van der Waals surface area contributed by atoms with Gasteiger partial charge in [0.2, 0.25) is 0 Å². The molecule has 17 heavy (non-hydrogen) atoms. The fraction of sp³-hybridized carbons (Fsp3) is 1.00. The van der Waals surface area contributed by atoms with Crippen molar-refractivity contribution >= 4 is 0 Å². The minimum atomic E-state index is -0.202. The highest BCUT2D eigenvalue weighted by molar-refractivity contribution is 4.88. The minimum absolute atomic E-state index is 0.202. The molecule has 0 saturated carbocycles. The van der Waals surface area contributed by atoms with Gasteiger partial charge in [-0.1, -0.05) is 27.7 Å². The smallest absolute Gasteiger partial charge is 0.102 e. The molecule has 0 aliphatic carbocycles. The molecule has 0 N–H and O–H groups in total. The molecule has 1 aliphatic heterocycles. The van der Waals surface area contributed by atoms with E-state index in [4.69, 9.17) is 9.15 Å². The first-order chi connectivity index (χ1) is 7.98. The van der Waals surface area contributed by atoms with Crippen molar-refractivity contribution in [1.29, 1.82) is 0 Å². The van der Waals surface area contributed by atoms with Gasteiger partial charge in [0, 0.05) is 22.2 Å². The summed E-state index contributed by atoms with van der Waals surface area (Å²) in [5, 5.41) is 0. The third-order valence-electron chi connectivity index (χ3n) is 3.93. The topological polar surface area (TPSA) is 3.24 Å². The Morgan fingerprint density at radius 1 is 1.35 bits per heavy atom. The zero-order valence-corrected chi connectivity index (χ0v) is 11.5. The van der Waals surface area contributed by atoms with E-state index in [0.29, 0.717) is 12.0 Å². The van der Waals surface area contributed by atoms with Crippen LogP contribution in [0.3, 0.4) is 0 Å². The van der Waals surface area contributed by atoms with Gasteiger partial charge in [0.25, 0.3) is 0 Å². The molecule has 1 heterocycles. The van der Waals surface area contributed by atoms with Gasteiger partial charge in [-0.25, -0.2) is 4.39 Å². The second-order valence-corrected chi connectivity index (χ2v) is 5.91. The third kappa shape index (κ3) is 5.28. The van der Waals surface area contributed by atoms with Crippen molar-refractivity contribution < 1.29 is 13.5 Å². The Labute approximate surface area is 103 Å². The maximum Gasteiger partial charge on any atom is 0.102 e. The summed E-state index contributed by atoms with van der Waals surface area (Å²) in [4.78, 5) is 2.29. The molecular weight excluding hydrogens is 227 g/mol. The van der Waals surface area contributed by atoms with Crippen LogP contribution in [0.5, 0.6) is 0 Å². The molecule has 0 aromatic rings. The van der Waals surface area contributed by atoms with Crippen molar-refractivity contribution in [2.24, 2.45) is 17.3 Å². The van der Waals surface area contributed by atoms with Gasteiger partial charge in [0.05, 0.1) is 0 Å². The van der Waals surface area contributed by atoms with Gasteiger partial charge < -0.3 is 4.90 Å². The first-order valence-corrected chi connectivity index (χ1v) is 6.40. The van der Waals surface area contributed by atoms with E-state index in [2.05, 4.69) is 32.6 Å². The van der Waals surface area contributed by atoms with Gasteiger partial charge in [-0.2, -0.15) is 0 Å². The lowest BCUT2D eigenvalue weighted by Gasteiger charge is -2.46. The van der Waals surface area contributed by atoms with Crippen LogP contribution in [0.2, 0.25) is 0 Å². The molecule has 2 atom stereocenters. The van der Waals surface area contributed by atoms with Crippen LogP contribution in [0.4, 0.5) is 13.5 Å². The zero-order chi connectivity index (χ0) is 13.5. The summed E-state index contributed by atoms with van der Waals surface area (Å²) in [6.07, 6.45) is 2.49. The molecule has 104 valence electrons. The molecule has 1 nitrogen and oxygen atoms in total. The Hall–Kier alpha value is -0.250. The number of hydrogen-bond donors (Lipinski definition) is 0. The predicted molar refractivity (Wildman–Crippen MR) is 66.0 cm³/mol. The summed E-state index contributed by atoms with van der Waals surface area (Å²) in [5.41, 5.74) is 0.390. The molecule has 0 aromatic carbocycles. The largest absolute Gasteiger partial charge is 0.300 e. The molecule has 0 amide bonds. The SMILES string of the molecule is CC(C)C[C@]1(C)CN(CCF)CC[C@@H]1C.FF. The summed E-state index contributed by atoms with van der Waals surface area (Å²) in [7, 11) is 0. The second kappa shape index (κ2) is 7.96. The van der Waals surface area contributed by atoms with Crippen molar-refractivity contribution in [3.63, 3.8) is 0 Å². The van der Waals surface area contributed by atoms with E-state index >= 15 is 0 Å². The Bertz CT molecular complexity index is 199. The summed E-state index contributed by atoms with van der Waals surface area (Å²) >= 11 is 0. The van der Waals surface area contributed by atoms with E-state index in [-0.39, 0.29) is 6.67 Å². The molecule has 0 unspecified atom stereocenters. The average molecular weight is 253 g/mol. The van der Waals surface area contributed by atoms with Crippen molar-refractivity contribution in [2.45, 2.75) is 40.5 Å². The Kier molecular flexibility index (Phi) is 7.84. The Morgan fingerprint density at radius 3 is 2.41 bits per heavy atom. The number of hydrogen-bond acceptors (Lipinski definition) is 1. The van der Waals surface area contributed by atoms with Crippen LogP contribution in [-0.4, -0.2) is 31.2 Å². The highest BCUT2D eigenvalue weighted by atomic mass is 20.0. The van der Waals surface area contributed by atoms with Crippen LogP contribution in [-0.2, 0) is 0 Å². The maximum atomic E-state index is 12.3. The van der Waals surface area contributed by atoms with Gasteiger partial charge in [-0.15, -0.1) is 0 Å². The fourth-order valence-corrected chi connectivity index (χ4v) is 2.98. The second-order valence-electron chi connectivity index (χ2n) is 5.91. The fourth-order valence-electron chi connectivity index (χ4n) is 2.98. The van der Waals surface area contributed by atoms with Crippen LogP contribution >= 0.6 is 0 Å². The van der Waals surface area contributed by atoms with Crippen LogP contribution < -0.4 is 0 Å². The molecular formula is C13H26F3N. The summed E-state index contributed by atoms with van der Waals surface area (Å²) in [6, 6.07) is 0. The molecule has 0 aromatic heterocycles. The number of rotatable bonds is 4. The van der Waals surface area contributed by atoms with Crippen molar-refractivity contribution in [3.8, 4) is 0 Å². The Balaban J connectivity index is 0.00000121. The monoisotopic (exact) mass is 253 g/mol. The number of alkyl halides is 1. The third-order valence-corrected chi connectivity index (χ3v) is 3.93. The first kappa shape index (κ1) is 16.8. The van der Waals surface area contributed by atoms with Crippen LogP contribution in [0, 0.1) is 17.3 Å². The summed E-state index contributed by atoms with van der Waals surface area (Å²) in [5.74, 6) is 1.51. The van der Waals surface area contributed by atoms with Crippen LogP contribution in [0.25, 0.3) is 0 Å². The standard InChI is InChI=1S/C13H26FN.F2/c1-11(2)9-13(4)10-15(8-6-14)7-5-12(13)3;1-2/h11-12H,5-10H2,1-4H3;/t12-,13+;/m0./s1. The first-order valence-electron chi connectivity index (χ1n) is 6.40. The van der Waals surface area contributed by atoms with E-state index in [1.165, 1.54) is 12.8 Å². The molecule has 0 radical (unpaired) electrons. The normalized spacial score (nSPS) is 30.0. The number of nitrogens with zero attached hydrogens (tertiary/aromatic N) is 1. The average Bonchev–Trinajstić information content (AvgIpc) is 2.26. The van der Waals surface area contributed by atoms with E-state index in [1.807, 2.05) is 0 Å². The van der Waals surface area contributed by atoms with Crippen LogP contribution in [0.15, 0.2) is 0 Å². The molecule has 1 rings (SSSR count). The van der Waals surface area contributed by atoms with Gasteiger partial charge in [0.1, 0.15) is 6.67 Å². The van der Waals surface area contributed by atoms with Crippen molar-refractivity contribution in [1.82, 2.24) is 4.90 Å². The van der Waals surface area contributed by atoms with E-state index < -0.39 is 0 Å². The number of likely N-dealkylation sites (tertiary alicyclic amines) is 1. The zero-order valence-electron chi connectivity index (χ0n) is 11.5. The van der Waals surface area contributed by atoms with Gasteiger partial charge in [-0.05, 0) is 36.6 Å². The molecule has 0 spiro atoms. The van der Waals surface area contributed by atoms with E-state index in [9.17, 15) is 4.39 Å². The highest BCUT2D eigenvalue weighted by Crippen LogP contribution is 2.40. The van der Waals surface area contributed by atoms with Crippen molar-refractivity contribution in [3.05, 3.63) is 0 Å². The van der Waals surface area contributed by atoms with Gasteiger partial charge in [0.15, 0.2) is 0 Å². The lowest BCUT2D eigenvalue weighted by molar-refractivity contribution is 0.0302. The minimum Gasteiger partial charge on any atom is -0.300 e. The molecule has 0 bridgehead atoms. The number of piperidine rings is 1. The molecule has 1 saturated heterocycles. The van der Waals surface area contributed by atoms with E-state index in [0.717, 1.165) is 24.9 Å². The quantitative estimate of drug-likeness (QED) is 0.726. The maximum absolute atomic E-state index is 12.3. The molecule has 1 aliphatic rings. The predicted octanol–water partition coefficient (Wildman–Crippen LogP) is 4.19. The van der Waals surface area contributed by atoms with Crippen LogP contribution in [0.1, 0.15) is 40.5 Å². The van der Waals surface area contributed by atoms with Gasteiger partial charge in [-0.3, -0.25) is 0 Å². The van der Waals surface area contributed by atoms with Crippen molar-refractivity contribution in [2.75, 3.05) is 26.3 Å². The molecule has 4 heteroatoms.